The Labute approximate surface area is 129 Å². The molecule has 0 saturated carbocycles. The highest BCUT2D eigenvalue weighted by Gasteiger charge is 2.29. The maximum Gasteiger partial charge on any atom is 0.238 e. The van der Waals surface area contributed by atoms with Crippen molar-refractivity contribution in [1.29, 1.82) is 0 Å². The predicted octanol–water partition coefficient (Wildman–Crippen LogP) is 1.99. The van der Waals surface area contributed by atoms with E-state index in [1.54, 1.807) is 0 Å². The number of nitrogens with one attached hydrogen (secondary N) is 1. The Morgan fingerprint density at radius 3 is 2.76 bits per heavy atom. The van der Waals surface area contributed by atoms with Gasteiger partial charge in [-0.05, 0) is 37.9 Å². The molecular formula is C14H20ClF2N3O. The van der Waals surface area contributed by atoms with Crippen molar-refractivity contribution in [2.24, 2.45) is 11.7 Å². The molecule has 0 aromatic heterocycles. The smallest absolute Gasteiger partial charge is 0.238 e. The lowest BCUT2D eigenvalue weighted by Crippen LogP contribution is -2.36. The largest absolute Gasteiger partial charge is 0.330 e. The van der Waals surface area contributed by atoms with Crippen LogP contribution in [0.25, 0.3) is 0 Å². The fourth-order valence-electron chi connectivity index (χ4n) is 2.57. The highest BCUT2D eigenvalue weighted by atomic mass is 35.5. The van der Waals surface area contributed by atoms with Crippen LogP contribution in [-0.4, -0.2) is 36.5 Å². The minimum Gasteiger partial charge on any atom is -0.330 e. The molecule has 1 aromatic rings. The number of amides is 1. The molecule has 1 fully saturated rings. The van der Waals surface area contributed by atoms with Crippen molar-refractivity contribution < 1.29 is 13.6 Å². The molecule has 2 unspecified atom stereocenters. The number of likely N-dealkylation sites (tertiary alicyclic amines) is 1. The third kappa shape index (κ3) is 4.62. The lowest BCUT2D eigenvalue weighted by atomic mass is 10.1. The van der Waals surface area contributed by atoms with Gasteiger partial charge in [0.05, 0.1) is 12.2 Å². The van der Waals surface area contributed by atoms with Gasteiger partial charge in [0.15, 0.2) is 0 Å². The van der Waals surface area contributed by atoms with Crippen LogP contribution in [0.4, 0.5) is 14.5 Å². The molecule has 0 spiro atoms. The molecule has 0 bridgehead atoms. The summed E-state index contributed by atoms with van der Waals surface area (Å²) in [6.07, 6.45) is 0.967. The van der Waals surface area contributed by atoms with E-state index in [1.807, 2.05) is 11.8 Å². The number of nitrogens with zero attached hydrogens (tertiary/aromatic N) is 1. The summed E-state index contributed by atoms with van der Waals surface area (Å²) in [4.78, 5) is 13.9. The van der Waals surface area contributed by atoms with Crippen molar-refractivity contribution in [3.8, 4) is 0 Å². The van der Waals surface area contributed by atoms with Gasteiger partial charge in [-0.1, -0.05) is 0 Å². The van der Waals surface area contributed by atoms with Crippen molar-refractivity contribution in [2.45, 2.75) is 19.4 Å². The summed E-state index contributed by atoms with van der Waals surface area (Å²) in [5, 5.41) is 2.46. The van der Waals surface area contributed by atoms with Crippen LogP contribution in [0.5, 0.6) is 0 Å². The van der Waals surface area contributed by atoms with Crippen LogP contribution in [0.15, 0.2) is 18.2 Å². The van der Waals surface area contributed by atoms with E-state index in [1.165, 1.54) is 6.07 Å². The fraction of sp³-hybridized carbons (Fsp3) is 0.500. The van der Waals surface area contributed by atoms with Crippen LogP contribution in [0.2, 0.25) is 0 Å². The Morgan fingerprint density at radius 1 is 1.48 bits per heavy atom. The van der Waals surface area contributed by atoms with Gasteiger partial charge in [-0.15, -0.1) is 12.4 Å². The van der Waals surface area contributed by atoms with Crippen molar-refractivity contribution in [3.63, 3.8) is 0 Å². The zero-order valence-corrected chi connectivity index (χ0v) is 12.6. The minimum absolute atomic E-state index is 0. The van der Waals surface area contributed by atoms with Crippen LogP contribution in [-0.2, 0) is 4.79 Å². The number of benzene rings is 1. The summed E-state index contributed by atoms with van der Waals surface area (Å²) in [6, 6.07) is 3.37. The highest BCUT2D eigenvalue weighted by Crippen LogP contribution is 2.22. The van der Waals surface area contributed by atoms with E-state index in [0.717, 1.165) is 25.1 Å². The van der Waals surface area contributed by atoms with E-state index in [0.29, 0.717) is 12.5 Å². The summed E-state index contributed by atoms with van der Waals surface area (Å²) in [7, 11) is 0. The maximum absolute atomic E-state index is 13.4. The molecule has 7 heteroatoms. The number of rotatable bonds is 4. The van der Waals surface area contributed by atoms with Crippen molar-refractivity contribution >= 4 is 24.0 Å². The van der Waals surface area contributed by atoms with Gasteiger partial charge >= 0.3 is 0 Å². The second-order valence-electron chi connectivity index (χ2n) is 5.29. The van der Waals surface area contributed by atoms with E-state index >= 15 is 0 Å². The van der Waals surface area contributed by atoms with Crippen LogP contribution >= 0.6 is 12.4 Å². The second kappa shape index (κ2) is 7.68. The van der Waals surface area contributed by atoms with Gasteiger partial charge in [0.25, 0.3) is 0 Å². The molecule has 2 atom stereocenters. The summed E-state index contributed by atoms with van der Waals surface area (Å²) >= 11 is 0. The standard InChI is InChI=1S/C14H19F2N3O.ClH/c1-9-4-10(6-17)7-19(9)8-14(20)18-13-3-2-11(15)5-12(13)16;/h2-3,5,9-10H,4,6-8,17H2,1H3,(H,18,20);1H. The minimum atomic E-state index is -0.771. The molecule has 0 radical (unpaired) electrons. The monoisotopic (exact) mass is 319 g/mol. The van der Waals surface area contributed by atoms with Gasteiger partial charge in [0, 0.05) is 18.7 Å². The van der Waals surface area contributed by atoms with E-state index in [4.69, 9.17) is 5.73 Å². The number of anilines is 1. The highest BCUT2D eigenvalue weighted by molar-refractivity contribution is 5.92. The third-order valence-electron chi connectivity index (χ3n) is 3.68. The molecule has 4 nitrogen and oxygen atoms in total. The number of carbonyl (C=O) groups excluding carboxylic acids is 1. The normalized spacial score (nSPS) is 21.9. The Morgan fingerprint density at radius 2 is 2.19 bits per heavy atom. The van der Waals surface area contributed by atoms with Gasteiger partial charge in [0.1, 0.15) is 11.6 Å². The number of hydrogen-bond donors (Lipinski definition) is 2. The van der Waals surface area contributed by atoms with E-state index in [9.17, 15) is 13.6 Å². The lowest BCUT2D eigenvalue weighted by molar-refractivity contribution is -0.117. The van der Waals surface area contributed by atoms with E-state index < -0.39 is 11.6 Å². The number of hydrogen-bond acceptors (Lipinski definition) is 3. The Balaban J connectivity index is 0.00000220. The van der Waals surface area contributed by atoms with E-state index in [-0.39, 0.29) is 36.6 Å². The van der Waals surface area contributed by atoms with Crippen molar-refractivity contribution in [1.82, 2.24) is 4.90 Å². The second-order valence-corrected chi connectivity index (χ2v) is 5.29. The summed E-state index contributed by atoms with van der Waals surface area (Å²) in [5.74, 6) is -1.34. The molecule has 1 aliphatic heterocycles. The average molecular weight is 320 g/mol. The topological polar surface area (TPSA) is 58.4 Å². The first kappa shape index (κ1) is 17.8. The lowest BCUT2D eigenvalue weighted by Gasteiger charge is -2.20. The van der Waals surface area contributed by atoms with Crippen LogP contribution < -0.4 is 11.1 Å². The zero-order chi connectivity index (χ0) is 14.7. The number of halogens is 3. The first-order valence-corrected chi connectivity index (χ1v) is 6.68. The number of nitrogens with two attached hydrogens (primary N) is 1. The molecule has 1 saturated heterocycles. The fourth-order valence-corrected chi connectivity index (χ4v) is 2.57. The zero-order valence-electron chi connectivity index (χ0n) is 11.8. The third-order valence-corrected chi connectivity index (χ3v) is 3.68. The maximum atomic E-state index is 13.4. The molecular weight excluding hydrogens is 300 g/mol. The molecule has 1 amide bonds. The summed E-state index contributed by atoms with van der Waals surface area (Å²) < 4.78 is 26.2. The Bertz CT molecular complexity index is 501. The molecule has 3 N–H and O–H groups in total. The van der Waals surface area contributed by atoms with Gasteiger partial charge < -0.3 is 11.1 Å². The number of carbonyl (C=O) groups is 1. The molecule has 2 rings (SSSR count). The average Bonchev–Trinajstić information content (AvgIpc) is 2.74. The molecule has 118 valence electrons. The van der Waals surface area contributed by atoms with Gasteiger partial charge in [-0.2, -0.15) is 0 Å². The van der Waals surface area contributed by atoms with Crippen molar-refractivity contribution in [3.05, 3.63) is 29.8 Å². The quantitative estimate of drug-likeness (QED) is 0.892. The van der Waals surface area contributed by atoms with Gasteiger partial charge in [0.2, 0.25) is 5.91 Å². The van der Waals surface area contributed by atoms with Gasteiger partial charge in [-0.3, -0.25) is 9.69 Å². The first-order chi connectivity index (χ1) is 9.49. The SMILES string of the molecule is CC1CC(CN)CN1CC(=O)Nc1ccc(F)cc1F.Cl. The Hall–Kier alpha value is -1.24. The molecule has 0 aliphatic carbocycles. The van der Waals surface area contributed by atoms with Gasteiger partial charge in [-0.25, -0.2) is 8.78 Å². The van der Waals surface area contributed by atoms with Crippen molar-refractivity contribution in [2.75, 3.05) is 25.0 Å². The summed E-state index contributed by atoms with van der Waals surface area (Å²) in [5.41, 5.74) is 5.63. The van der Waals surface area contributed by atoms with Crippen LogP contribution in [0.3, 0.4) is 0 Å². The molecule has 1 heterocycles. The molecule has 1 aliphatic rings. The summed E-state index contributed by atoms with van der Waals surface area (Å²) in [6.45, 7) is 3.61. The predicted molar refractivity (Wildman–Crippen MR) is 80.4 cm³/mol. The van der Waals surface area contributed by atoms with E-state index in [2.05, 4.69) is 5.32 Å². The van der Waals surface area contributed by atoms with Crippen LogP contribution in [0.1, 0.15) is 13.3 Å². The molecule has 21 heavy (non-hydrogen) atoms. The first-order valence-electron chi connectivity index (χ1n) is 6.68. The van der Waals surface area contributed by atoms with Crippen LogP contribution in [0, 0.1) is 17.6 Å². The molecule has 1 aromatic carbocycles. The Kier molecular flexibility index (Phi) is 6.51.